The van der Waals surface area contributed by atoms with Crippen LogP contribution in [0, 0.1) is 5.92 Å². The van der Waals surface area contributed by atoms with E-state index < -0.39 is 13.0 Å². The molecule has 16 heavy (non-hydrogen) atoms. The van der Waals surface area contributed by atoms with Gasteiger partial charge in [-0.1, -0.05) is 12.1 Å². The van der Waals surface area contributed by atoms with E-state index in [1.54, 1.807) is 7.11 Å². The molecule has 0 saturated carbocycles. The van der Waals surface area contributed by atoms with Crippen LogP contribution < -0.4 is 0 Å². The van der Waals surface area contributed by atoms with Crippen LogP contribution >= 0.6 is 0 Å². The van der Waals surface area contributed by atoms with Crippen molar-refractivity contribution in [3.63, 3.8) is 0 Å². The number of ether oxygens (including phenoxy) is 1. The van der Waals surface area contributed by atoms with Gasteiger partial charge in [-0.25, -0.2) is 13.5 Å². The molecule has 1 aromatic heterocycles. The van der Waals surface area contributed by atoms with Crippen LogP contribution in [0.25, 0.3) is 0 Å². The molecule has 0 aromatic carbocycles. The molecule has 0 saturated heterocycles. The second-order valence-electron chi connectivity index (χ2n) is 3.62. The maximum absolute atomic E-state index is 12.7. The summed E-state index contributed by atoms with van der Waals surface area (Å²) in [6, 6.07) is 0. The summed E-state index contributed by atoms with van der Waals surface area (Å²) in [4.78, 5) is 0. The molecule has 1 heterocycles. The van der Waals surface area contributed by atoms with Crippen LogP contribution in [0.15, 0.2) is 0 Å². The number of rotatable bonds is 6. The van der Waals surface area contributed by atoms with Gasteiger partial charge in [0.05, 0.1) is 13.2 Å². The molecule has 0 aliphatic heterocycles. The van der Waals surface area contributed by atoms with Gasteiger partial charge in [0.2, 0.25) is 0 Å². The Labute approximate surface area is 92.0 Å². The molecule has 1 atom stereocenters. The first-order valence-corrected chi connectivity index (χ1v) is 4.90. The Kier molecular flexibility index (Phi) is 4.75. The molecule has 5 nitrogen and oxygen atoms in total. The highest BCUT2D eigenvalue weighted by atomic mass is 19.3. The topological polar surface area (TPSA) is 60.2 Å². The fraction of sp³-hybridized carbons (Fsp3) is 0.778. The molecule has 1 N–H and O–H groups in total. The minimum atomic E-state index is -2.69. The largest absolute Gasteiger partial charge is 0.390 e. The molecule has 1 unspecified atom stereocenters. The summed E-state index contributed by atoms with van der Waals surface area (Å²) >= 11 is 0. The number of aliphatic hydroxyl groups is 1. The molecular formula is C9H15F2N3O2. The molecule has 0 aliphatic carbocycles. The third-order valence-electron chi connectivity index (χ3n) is 2.14. The van der Waals surface area contributed by atoms with E-state index in [2.05, 4.69) is 10.3 Å². The molecular weight excluding hydrogens is 220 g/mol. The molecule has 0 radical (unpaired) electrons. The van der Waals surface area contributed by atoms with E-state index in [4.69, 9.17) is 9.84 Å². The predicted octanol–water partition coefficient (Wildman–Crippen LogP) is 0.991. The van der Waals surface area contributed by atoms with E-state index in [0.717, 1.165) is 4.68 Å². The van der Waals surface area contributed by atoms with Crippen LogP contribution in [-0.4, -0.2) is 33.8 Å². The number of hydrogen-bond acceptors (Lipinski definition) is 4. The second-order valence-corrected chi connectivity index (χ2v) is 3.62. The molecule has 0 spiro atoms. The molecule has 0 bridgehead atoms. The lowest BCUT2D eigenvalue weighted by molar-refractivity contribution is 0.123. The Morgan fingerprint density at radius 2 is 2.19 bits per heavy atom. The highest BCUT2D eigenvalue weighted by Crippen LogP contribution is 2.22. The van der Waals surface area contributed by atoms with Crippen molar-refractivity contribution in [1.82, 2.24) is 15.0 Å². The average Bonchev–Trinajstić information content (AvgIpc) is 2.61. The Bertz CT molecular complexity index is 331. The van der Waals surface area contributed by atoms with E-state index in [1.165, 1.54) is 0 Å². The van der Waals surface area contributed by atoms with Gasteiger partial charge < -0.3 is 9.84 Å². The van der Waals surface area contributed by atoms with Gasteiger partial charge in [-0.3, -0.25) is 0 Å². The quantitative estimate of drug-likeness (QED) is 0.798. The van der Waals surface area contributed by atoms with Crippen LogP contribution in [0.4, 0.5) is 8.78 Å². The van der Waals surface area contributed by atoms with Crippen molar-refractivity contribution < 1.29 is 18.6 Å². The molecule has 92 valence electrons. The lowest BCUT2D eigenvalue weighted by Gasteiger charge is -2.12. The van der Waals surface area contributed by atoms with Gasteiger partial charge in [-0.2, -0.15) is 0 Å². The van der Waals surface area contributed by atoms with E-state index in [1.807, 2.05) is 6.92 Å². The van der Waals surface area contributed by atoms with Crippen molar-refractivity contribution in [2.45, 2.75) is 26.5 Å². The van der Waals surface area contributed by atoms with E-state index in [-0.39, 0.29) is 17.3 Å². The van der Waals surface area contributed by atoms with E-state index >= 15 is 0 Å². The maximum atomic E-state index is 12.7. The van der Waals surface area contributed by atoms with Gasteiger partial charge in [0.25, 0.3) is 6.43 Å². The number of aromatic nitrogens is 3. The van der Waals surface area contributed by atoms with Gasteiger partial charge in [-0.15, -0.1) is 5.10 Å². The van der Waals surface area contributed by atoms with Crippen LogP contribution in [0.3, 0.4) is 0 Å². The Morgan fingerprint density at radius 3 is 2.69 bits per heavy atom. The van der Waals surface area contributed by atoms with E-state index in [9.17, 15) is 8.78 Å². The zero-order valence-electron chi connectivity index (χ0n) is 9.23. The average molecular weight is 235 g/mol. The Balaban J connectivity index is 2.83. The van der Waals surface area contributed by atoms with Crippen molar-refractivity contribution in [3.8, 4) is 0 Å². The molecule has 0 fully saturated rings. The molecule has 1 aromatic rings. The van der Waals surface area contributed by atoms with Gasteiger partial charge in [0.15, 0.2) is 0 Å². The number of methoxy groups -OCH3 is 1. The first-order chi connectivity index (χ1) is 7.60. The van der Waals surface area contributed by atoms with Crippen LogP contribution in [0.2, 0.25) is 0 Å². The van der Waals surface area contributed by atoms with Crippen LogP contribution in [-0.2, 0) is 17.9 Å². The summed E-state index contributed by atoms with van der Waals surface area (Å²) in [7, 11) is 1.55. The smallest absolute Gasteiger partial charge is 0.282 e. The van der Waals surface area contributed by atoms with Crippen molar-refractivity contribution in [2.24, 2.45) is 5.92 Å². The van der Waals surface area contributed by atoms with Gasteiger partial charge in [-0.05, 0) is 5.92 Å². The minimum absolute atomic E-state index is 0.0516. The Morgan fingerprint density at radius 1 is 1.50 bits per heavy atom. The van der Waals surface area contributed by atoms with Crippen molar-refractivity contribution in [3.05, 3.63) is 11.4 Å². The lowest BCUT2D eigenvalue weighted by atomic mass is 10.2. The van der Waals surface area contributed by atoms with E-state index in [0.29, 0.717) is 13.2 Å². The van der Waals surface area contributed by atoms with Crippen molar-refractivity contribution in [1.29, 1.82) is 0 Å². The predicted molar refractivity (Wildman–Crippen MR) is 51.9 cm³/mol. The SMILES string of the molecule is COCC(C)Cn1nnc(CO)c1C(F)F. The van der Waals surface area contributed by atoms with Crippen LogP contribution in [0.5, 0.6) is 0 Å². The summed E-state index contributed by atoms with van der Waals surface area (Å²) in [5.74, 6) is 0.0516. The van der Waals surface area contributed by atoms with Gasteiger partial charge in [0.1, 0.15) is 11.4 Å². The molecule has 7 heteroatoms. The van der Waals surface area contributed by atoms with Gasteiger partial charge >= 0.3 is 0 Å². The van der Waals surface area contributed by atoms with Crippen molar-refractivity contribution in [2.75, 3.05) is 13.7 Å². The molecule has 0 aliphatic rings. The summed E-state index contributed by atoms with van der Waals surface area (Å²) in [6.07, 6.45) is -2.69. The first-order valence-electron chi connectivity index (χ1n) is 4.90. The fourth-order valence-corrected chi connectivity index (χ4v) is 1.47. The molecule has 1 rings (SSSR count). The standard InChI is InChI=1S/C9H15F2N3O2/c1-6(5-16-2)3-14-8(9(10)11)7(4-15)12-13-14/h6,9,15H,3-5H2,1-2H3. The second kappa shape index (κ2) is 5.86. The summed E-state index contributed by atoms with van der Waals surface area (Å²) in [5.41, 5.74) is -0.384. The third-order valence-corrected chi connectivity index (χ3v) is 2.14. The van der Waals surface area contributed by atoms with Crippen molar-refractivity contribution >= 4 is 0 Å². The van der Waals surface area contributed by atoms with Gasteiger partial charge in [0, 0.05) is 13.7 Å². The zero-order chi connectivity index (χ0) is 12.1. The summed E-state index contributed by atoms with van der Waals surface area (Å²) < 4.78 is 31.4. The minimum Gasteiger partial charge on any atom is -0.390 e. The number of alkyl halides is 2. The highest BCUT2D eigenvalue weighted by Gasteiger charge is 2.22. The number of nitrogens with zero attached hydrogens (tertiary/aromatic N) is 3. The molecule has 0 amide bonds. The van der Waals surface area contributed by atoms with Crippen LogP contribution in [0.1, 0.15) is 24.7 Å². The lowest BCUT2D eigenvalue weighted by Crippen LogP contribution is -2.16. The Hall–Kier alpha value is -1.08. The zero-order valence-corrected chi connectivity index (χ0v) is 9.23. The number of hydrogen-bond donors (Lipinski definition) is 1. The number of aliphatic hydroxyl groups excluding tert-OH is 1. The highest BCUT2D eigenvalue weighted by molar-refractivity contribution is 5.10. The fourth-order valence-electron chi connectivity index (χ4n) is 1.47. The third kappa shape index (κ3) is 2.96. The normalized spacial score (nSPS) is 13.4. The first kappa shape index (κ1) is 13.0. The monoisotopic (exact) mass is 235 g/mol. The maximum Gasteiger partial charge on any atom is 0.282 e. The summed E-state index contributed by atoms with van der Waals surface area (Å²) in [6.45, 7) is 2.08. The number of halogens is 2. The summed E-state index contributed by atoms with van der Waals surface area (Å²) in [5, 5.41) is 16.0.